The van der Waals surface area contributed by atoms with E-state index < -0.39 is 11.6 Å². The third-order valence-electron chi connectivity index (χ3n) is 3.38. The minimum atomic E-state index is -0.514. The fourth-order valence-electron chi connectivity index (χ4n) is 2.31. The average Bonchev–Trinajstić information content (AvgIpc) is 2.52. The van der Waals surface area contributed by atoms with Gasteiger partial charge in [-0.2, -0.15) is 0 Å². The van der Waals surface area contributed by atoms with Crippen molar-refractivity contribution in [3.05, 3.63) is 35.7 Å². The summed E-state index contributed by atoms with van der Waals surface area (Å²) >= 11 is 0. The lowest BCUT2D eigenvalue weighted by atomic mass is 10.0. The van der Waals surface area contributed by atoms with Crippen molar-refractivity contribution in [3.63, 3.8) is 0 Å². The van der Waals surface area contributed by atoms with Crippen LogP contribution in [0.4, 0.5) is 4.79 Å². The zero-order chi connectivity index (χ0) is 17.0. The molecule has 23 heavy (non-hydrogen) atoms. The lowest BCUT2D eigenvalue weighted by Gasteiger charge is -2.29. The van der Waals surface area contributed by atoms with E-state index in [9.17, 15) is 9.59 Å². The Hall–Kier alpha value is -2.37. The fraction of sp³-hybridized carbons (Fsp3) is 0.471. The van der Waals surface area contributed by atoms with E-state index in [2.05, 4.69) is 4.98 Å². The van der Waals surface area contributed by atoms with Gasteiger partial charge < -0.3 is 14.4 Å². The van der Waals surface area contributed by atoms with E-state index in [1.165, 1.54) is 7.11 Å². The molecular weight excluding hydrogens is 296 g/mol. The predicted molar refractivity (Wildman–Crippen MR) is 86.0 cm³/mol. The number of amides is 1. The van der Waals surface area contributed by atoms with Gasteiger partial charge >= 0.3 is 12.1 Å². The van der Waals surface area contributed by atoms with Crippen LogP contribution >= 0.6 is 0 Å². The molecule has 0 aliphatic carbocycles. The van der Waals surface area contributed by atoms with E-state index >= 15 is 0 Å². The number of rotatable bonds is 2. The largest absolute Gasteiger partial charge is 0.465 e. The highest BCUT2D eigenvalue weighted by atomic mass is 16.6. The van der Waals surface area contributed by atoms with Crippen LogP contribution in [0, 0.1) is 0 Å². The molecule has 0 fully saturated rings. The quantitative estimate of drug-likeness (QED) is 0.784. The second kappa shape index (κ2) is 6.81. The fourth-order valence-corrected chi connectivity index (χ4v) is 2.31. The maximum atomic E-state index is 12.1. The molecular formula is C17H22N2O4. The molecule has 0 aromatic carbocycles. The first-order valence-electron chi connectivity index (χ1n) is 7.52. The molecule has 0 radical (unpaired) electrons. The minimum Gasteiger partial charge on any atom is -0.465 e. The number of nitrogens with zero attached hydrogens (tertiary/aromatic N) is 2. The van der Waals surface area contributed by atoms with Gasteiger partial charge in [0.25, 0.3) is 0 Å². The molecule has 0 N–H and O–H groups in total. The van der Waals surface area contributed by atoms with Crippen LogP contribution in [0.25, 0.3) is 5.57 Å². The van der Waals surface area contributed by atoms with Gasteiger partial charge in [0.2, 0.25) is 0 Å². The molecule has 0 saturated carbocycles. The van der Waals surface area contributed by atoms with Crippen LogP contribution in [0.2, 0.25) is 0 Å². The molecule has 1 aliphatic heterocycles. The smallest absolute Gasteiger partial charge is 0.410 e. The van der Waals surface area contributed by atoms with Crippen LogP contribution in [0.15, 0.2) is 24.4 Å². The Labute approximate surface area is 136 Å². The van der Waals surface area contributed by atoms with Crippen molar-refractivity contribution in [1.82, 2.24) is 9.88 Å². The van der Waals surface area contributed by atoms with Crippen LogP contribution in [-0.4, -0.2) is 47.7 Å². The summed E-state index contributed by atoms with van der Waals surface area (Å²) in [6.45, 7) is 6.48. The lowest BCUT2D eigenvalue weighted by Crippen LogP contribution is -2.39. The van der Waals surface area contributed by atoms with Crippen LogP contribution < -0.4 is 0 Å². The first kappa shape index (κ1) is 17.0. The van der Waals surface area contributed by atoms with E-state index in [0.29, 0.717) is 30.8 Å². The number of carbonyl (C=O) groups is 2. The summed E-state index contributed by atoms with van der Waals surface area (Å²) in [7, 11) is 1.35. The van der Waals surface area contributed by atoms with Gasteiger partial charge in [-0.15, -0.1) is 0 Å². The molecule has 1 aliphatic rings. The van der Waals surface area contributed by atoms with E-state index in [0.717, 1.165) is 5.57 Å². The van der Waals surface area contributed by atoms with Gasteiger partial charge in [0.15, 0.2) is 0 Å². The maximum Gasteiger partial charge on any atom is 0.410 e. The Morgan fingerprint density at radius 1 is 1.30 bits per heavy atom. The molecule has 124 valence electrons. The number of hydrogen-bond acceptors (Lipinski definition) is 5. The van der Waals surface area contributed by atoms with E-state index in [-0.39, 0.29) is 6.09 Å². The SMILES string of the molecule is COC(=O)c1cccnc1C1=CCN(C(=O)OC(C)(C)C)CC1. The van der Waals surface area contributed by atoms with Gasteiger partial charge in [-0.3, -0.25) is 4.98 Å². The highest BCUT2D eigenvalue weighted by Gasteiger charge is 2.25. The molecule has 0 saturated heterocycles. The third-order valence-corrected chi connectivity index (χ3v) is 3.38. The summed E-state index contributed by atoms with van der Waals surface area (Å²) in [6.07, 6.45) is 3.83. The summed E-state index contributed by atoms with van der Waals surface area (Å²) in [5.74, 6) is -0.413. The van der Waals surface area contributed by atoms with Crippen molar-refractivity contribution in [2.24, 2.45) is 0 Å². The molecule has 1 aromatic rings. The predicted octanol–water partition coefficient (Wildman–Crippen LogP) is 2.89. The summed E-state index contributed by atoms with van der Waals surface area (Å²) < 4.78 is 10.2. The van der Waals surface area contributed by atoms with Crippen molar-refractivity contribution in [2.75, 3.05) is 20.2 Å². The van der Waals surface area contributed by atoms with Crippen molar-refractivity contribution in [3.8, 4) is 0 Å². The Morgan fingerprint density at radius 2 is 2.04 bits per heavy atom. The number of ether oxygens (including phenoxy) is 2. The van der Waals surface area contributed by atoms with E-state index in [4.69, 9.17) is 9.47 Å². The molecule has 6 heteroatoms. The summed E-state index contributed by atoms with van der Waals surface area (Å²) in [5.41, 5.74) is 1.47. The second-order valence-electron chi connectivity index (χ2n) is 6.30. The molecule has 1 aromatic heterocycles. The molecule has 2 heterocycles. The monoisotopic (exact) mass is 318 g/mol. The number of pyridine rings is 1. The summed E-state index contributed by atoms with van der Waals surface area (Å²) in [5, 5.41) is 0. The Morgan fingerprint density at radius 3 is 2.61 bits per heavy atom. The summed E-state index contributed by atoms with van der Waals surface area (Å²) in [6, 6.07) is 3.39. The number of carbonyl (C=O) groups excluding carboxylic acids is 2. The molecule has 0 atom stereocenters. The third kappa shape index (κ3) is 4.31. The zero-order valence-electron chi connectivity index (χ0n) is 14.0. The van der Waals surface area contributed by atoms with Gasteiger partial charge in [0.1, 0.15) is 5.60 Å². The van der Waals surface area contributed by atoms with Crippen LogP contribution in [0.3, 0.4) is 0 Å². The van der Waals surface area contributed by atoms with Crippen LogP contribution in [0.1, 0.15) is 43.2 Å². The number of esters is 1. The van der Waals surface area contributed by atoms with Crippen LogP contribution in [0.5, 0.6) is 0 Å². The number of methoxy groups -OCH3 is 1. The Kier molecular flexibility index (Phi) is 5.03. The van der Waals surface area contributed by atoms with Gasteiger partial charge in [-0.1, -0.05) is 6.08 Å². The van der Waals surface area contributed by atoms with Gasteiger partial charge in [-0.25, -0.2) is 9.59 Å². The van der Waals surface area contributed by atoms with E-state index in [1.54, 1.807) is 23.2 Å². The molecule has 6 nitrogen and oxygen atoms in total. The highest BCUT2D eigenvalue weighted by Crippen LogP contribution is 2.25. The molecule has 1 amide bonds. The second-order valence-corrected chi connectivity index (χ2v) is 6.30. The average molecular weight is 318 g/mol. The number of aromatic nitrogens is 1. The van der Waals surface area contributed by atoms with Crippen molar-refractivity contribution < 1.29 is 19.1 Å². The molecule has 0 bridgehead atoms. The first-order chi connectivity index (χ1) is 10.8. The summed E-state index contributed by atoms with van der Waals surface area (Å²) in [4.78, 5) is 29.8. The Bertz CT molecular complexity index is 632. The lowest BCUT2D eigenvalue weighted by molar-refractivity contribution is 0.0270. The van der Waals surface area contributed by atoms with Crippen molar-refractivity contribution in [1.29, 1.82) is 0 Å². The highest BCUT2D eigenvalue weighted by molar-refractivity contribution is 5.94. The van der Waals surface area contributed by atoms with Crippen molar-refractivity contribution in [2.45, 2.75) is 32.8 Å². The standard InChI is InChI=1S/C17H22N2O4/c1-17(2,3)23-16(21)19-10-7-12(8-11-19)14-13(15(20)22-4)6-5-9-18-14/h5-7,9H,8,10-11H2,1-4H3. The molecule has 2 rings (SSSR count). The van der Waals surface area contributed by atoms with Crippen molar-refractivity contribution >= 4 is 17.6 Å². The first-order valence-corrected chi connectivity index (χ1v) is 7.52. The molecule has 0 spiro atoms. The minimum absolute atomic E-state index is 0.331. The Balaban J connectivity index is 2.14. The van der Waals surface area contributed by atoms with Crippen LogP contribution in [-0.2, 0) is 9.47 Å². The van der Waals surface area contributed by atoms with Gasteiger partial charge in [-0.05, 0) is 44.9 Å². The van der Waals surface area contributed by atoms with Gasteiger partial charge in [0.05, 0.1) is 18.4 Å². The zero-order valence-corrected chi connectivity index (χ0v) is 14.0. The molecule has 0 unspecified atom stereocenters. The van der Waals surface area contributed by atoms with E-state index in [1.807, 2.05) is 26.8 Å². The normalized spacial score (nSPS) is 15.0. The topological polar surface area (TPSA) is 68.7 Å². The number of hydrogen-bond donors (Lipinski definition) is 0. The van der Waals surface area contributed by atoms with Gasteiger partial charge in [0, 0.05) is 19.3 Å². The maximum absolute atomic E-state index is 12.1.